The van der Waals surface area contributed by atoms with Gasteiger partial charge in [-0.3, -0.25) is 14.7 Å². The van der Waals surface area contributed by atoms with E-state index in [4.69, 9.17) is 0 Å². The minimum atomic E-state index is -0.827. The molecule has 118 valence electrons. The summed E-state index contributed by atoms with van der Waals surface area (Å²) < 4.78 is 0. The fraction of sp³-hybridized carbons (Fsp3) is 0.667. The molecular weight excluding hydrogens is 284 g/mol. The summed E-state index contributed by atoms with van der Waals surface area (Å²) in [5.41, 5.74) is 1.79. The van der Waals surface area contributed by atoms with Crippen molar-refractivity contribution >= 4 is 11.9 Å². The lowest BCUT2D eigenvalue weighted by atomic mass is 9.81. The number of aromatic amines is 1. The molecule has 3 aliphatic rings. The number of hydrogen-bond acceptors (Lipinski definition) is 4. The molecule has 1 aliphatic carbocycles. The third-order valence-corrected chi connectivity index (χ3v) is 5.50. The monoisotopic (exact) mass is 304 g/mol. The Labute approximate surface area is 128 Å². The van der Waals surface area contributed by atoms with Crippen LogP contribution in [-0.2, 0) is 17.6 Å². The van der Waals surface area contributed by atoms with Gasteiger partial charge in [0, 0.05) is 43.4 Å². The molecule has 1 aromatic rings. The molecule has 1 aromatic heterocycles. The average Bonchev–Trinajstić information content (AvgIpc) is 3.18. The summed E-state index contributed by atoms with van der Waals surface area (Å²) in [5.74, 6) is -0.931. The third kappa shape index (κ3) is 1.81. The number of amides is 1. The largest absolute Gasteiger partial charge is 0.481 e. The number of aryl methyl sites for hydroxylation is 1. The fourth-order valence-corrected chi connectivity index (χ4v) is 4.18. The van der Waals surface area contributed by atoms with Gasteiger partial charge < -0.3 is 15.3 Å². The molecule has 1 amide bonds. The molecule has 0 radical (unpaired) electrons. The van der Waals surface area contributed by atoms with Crippen molar-refractivity contribution in [2.24, 2.45) is 11.3 Å². The average molecular weight is 304 g/mol. The quantitative estimate of drug-likeness (QED) is 0.716. The molecule has 0 saturated carbocycles. The molecular formula is C15H20N4O3. The zero-order valence-electron chi connectivity index (χ0n) is 12.4. The van der Waals surface area contributed by atoms with Crippen LogP contribution in [-0.4, -0.2) is 58.3 Å². The first-order valence-electron chi connectivity index (χ1n) is 7.91. The van der Waals surface area contributed by atoms with Crippen LogP contribution >= 0.6 is 0 Å². The summed E-state index contributed by atoms with van der Waals surface area (Å²) in [4.78, 5) is 26.2. The second kappa shape index (κ2) is 4.81. The van der Waals surface area contributed by atoms with E-state index in [0.29, 0.717) is 25.3 Å². The van der Waals surface area contributed by atoms with Crippen molar-refractivity contribution in [1.82, 2.24) is 20.4 Å². The lowest BCUT2D eigenvalue weighted by molar-refractivity contribution is -0.148. The number of carbonyl (C=O) groups excluding carboxylic acids is 1. The molecule has 0 bridgehead atoms. The van der Waals surface area contributed by atoms with Crippen LogP contribution in [0.15, 0.2) is 0 Å². The number of aliphatic carboxylic acids is 1. The number of rotatable bonds is 2. The minimum absolute atomic E-state index is 0.0104. The van der Waals surface area contributed by atoms with Crippen LogP contribution in [0, 0.1) is 11.3 Å². The van der Waals surface area contributed by atoms with Crippen molar-refractivity contribution in [3.63, 3.8) is 0 Å². The summed E-state index contributed by atoms with van der Waals surface area (Å²) in [6.45, 7) is 1.88. The van der Waals surface area contributed by atoms with Gasteiger partial charge in [0.05, 0.1) is 0 Å². The molecule has 3 heterocycles. The van der Waals surface area contributed by atoms with Crippen LogP contribution in [0.5, 0.6) is 0 Å². The van der Waals surface area contributed by atoms with Gasteiger partial charge in [0.1, 0.15) is 5.41 Å². The standard InChI is InChI=1S/C15H20N4O3/c20-13(12-10-3-1-2-4-11(10)17-18-12)19-6-9-5-16-7-15(9,8-19)14(21)22/h9,16H,1-8H2,(H,17,18)(H,21,22)/t9-,15-/m1/s1. The lowest BCUT2D eigenvalue weighted by Gasteiger charge is -2.22. The Bertz CT molecular complexity index is 641. The van der Waals surface area contributed by atoms with E-state index in [9.17, 15) is 14.7 Å². The van der Waals surface area contributed by atoms with Crippen molar-refractivity contribution in [1.29, 1.82) is 0 Å². The molecule has 22 heavy (non-hydrogen) atoms. The summed E-state index contributed by atoms with van der Waals surface area (Å²) in [5, 5.41) is 20.0. The highest BCUT2D eigenvalue weighted by Crippen LogP contribution is 2.40. The third-order valence-electron chi connectivity index (χ3n) is 5.50. The first-order valence-corrected chi connectivity index (χ1v) is 7.91. The smallest absolute Gasteiger partial charge is 0.313 e. The summed E-state index contributed by atoms with van der Waals surface area (Å²) >= 11 is 0. The van der Waals surface area contributed by atoms with Crippen LogP contribution in [0.1, 0.15) is 34.6 Å². The number of carboxylic acids is 1. The number of likely N-dealkylation sites (tertiary alicyclic amines) is 1. The Morgan fingerprint density at radius 3 is 2.91 bits per heavy atom. The Morgan fingerprint density at radius 2 is 2.14 bits per heavy atom. The van der Waals surface area contributed by atoms with Gasteiger partial charge in [0.15, 0.2) is 5.69 Å². The Morgan fingerprint density at radius 1 is 1.32 bits per heavy atom. The van der Waals surface area contributed by atoms with E-state index < -0.39 is 11.4 Å². The Balaban J connectivity index is 1.60. The summed E-state index contributed by atoms with van der Waals surface area (Å²) in [6, 6.07) is 0. The Kier molecular flexibility index (Phi) is 3.00. The first kappa shape index (κ1) is 13.8. The van der Waals surface area contributed by atoms with Crippen molar-refractivity contribution < 1.29 is 14.7 Å². The fourth-order valence-electron chi connectivity index (χ4n) is 4.18. The van der Waals surface area contributed by atoms with Crippen LogP contribution < -0.4 is 5.32 Å². The number of fused-ring (bicyclic) bond motifs is 2. The zero-order valence-corrected chi connectivity index (χ0v) is 12.4. The molecule has 0 unspecified atom stereocenters. The van der Waals surface area contributed by atoms with E-state index in [0.717, 1.165) is 36.9 Å². The number of nitrogens with one attached hydrogen (secondary N) is 2. The van der Waals surface area contributed by atoms with Gasteiger partial charge in [-0.25, -0.2) is 0 Å². The topological polar surface area (TPSA) is 98.3 Å². The predicted octanol–water partition coefficient (Wildman–Crippen LogP) is 0.0347. The number of nitrogens with zero attached hydrogens (tertiary/aromatic N) is 2. The molecule has 2 atom stereocenters. The van der Waals surface area contributed by atoms with E-state index >= 15 is 0 Å². The second-order valence-electron chi connectivity index (χ2n) is 6.71. The van der Waals surface area contributed by atoms with Crippen LogP contribution in [0.4, 0.5) is 0 Å². The van der Waals surface area contributed by atoms with Crippen LogP contribution in [0.3, 0.4) is 0 Å². The van der Waals surface area contributed by atoms with E-state index in [2.05, 4.69) is 15.5 Å². The van der Waals surface area contributed by atoms with E-state index in [1.807, 2.05) is 0 Å². The molecule has 4 rings (SSSR count). The van der Waals surface area contributed by atoms with Crippen molar-refractivity contribution in [3.05, 3.63) is 17.0 Å². The van der Waals surface area contributed by atoms with Gasteiger partial charge in [0.2, 0.25) is 0 Å². The molecule has 3 N–H and O–H groups in total. The van der Waals surface area contributed by atoms with Crippen molar-refractivity contribution in [2.75, 3.05) is 26.2 Å². The maximum atomic E-state index is 12.8. The molecule has 7 heteroatoms. The number of aromatic nitrogens is 2. The summed E-state index contributed by atoms with van der Waals surface area (Å²) in [6.07, 6.45) is 4.04. The lowest BCUT2D eigenvalue weighted by Crippen LogP contribution is -2.41. The predicted molar refractivity (Wildman–Crippen MR) is 77.6 cm³/mol. The molecule has 0 aromatic carbocycles. The molecule has 2 saturated heterocycles. The van der Waals surface area contributed by atoms with E-state index in [1.165, 1.54) is 0 Å². The number of hydrogen-bond donors (Lipinski definition) is 3. The van der Waals surface area contributed by atoms with Gasteiger partial charge >= 0.3 is 5.97 Å². The SMILES string of the molecule is O=C(c1n[nH]c2c1CCCC2)N1C[C@H]2CNC[C@@]2(C(=O)O)C1. The van der Waals surface area contributed by atoms with Crippen molar-refractivity contribution in [3.8, 4) is 0 Å². The number of carbonyl (C=O) groups is 2. The van der Waals surface area contributed by atoms with Gasteiger partial charge in [-0.05, 0) is 25.7 Å². The first-order chi connectivity index (χ1) is 10.6. The number of H-pyrrole nitrogens is 1. The minimum Gasteiger partial charge on any atom is -0.481 e. The van der Waals surface area contributed by atoms with Gasteiger partial charge in [-0.15, -0.1) is 0 Å². The highest BCUT2D eigenvalue weighted by Gasteiger charge is 2.56. The highest BCUT2D eigenvalue weighted by atomic mass is 16.4. The molecule has 2 aliphatic heterocycles. The van der Waals surface area contributed by atoms with E-state index in [-0.39, 0.29) is 18.4 Å². The Hall–Kier alpha value is -1.89. The maximum Gasteiger partial charge on any atom is 0.313 e. The maximum absolute atomic E-state index is 12.8. The van der Waals surface area contributed by atoms with E-state index in [1.54, 1.807) is 4.90 Å². The molecule has 2 fully saturated rings. The van der Waals surface area contributed by atoms with Crippen molar-refractivity contribution in [2.45, 2.75) is 25.7 Å². The highest BCUT2D eigenvalue weighted by molar-refractivity contribution is 5.95. The molecule has 7 nitrogen and oxygen atoms in total. The van der Waals surface area contributed by atoms with Gasteiger partial charge in [-0.2, -0.15) is 5.10 Å². The summed E-state index contributed by atoms with van der Waals surface area (Å²) in [7, 11) is 0. The van der Waals surface area contributed by atoms with Gasteiger partial charge in [0.25, 0.3) is 5.91 Å². The second-order valence-corrected chi connectivity index (χ2v) is 6.71. The van der Waals surface area contributed by atoms with Gasteiger partial charge in [-0.1, -0.05) is 0 Å². The molecule has 0 spiro atoms. The van der Waals surface area contributed by atoms with Crippen LogP contribution in [0.25, 0.3) is 0 Å². The number of carboxylic acid groups (broad SMARTS) is 1. The zero-order chi connectivity index (χ0) is 15.3. The normalized spacial score (nSPS) is 30.2. The van der Waals surface area contributed by atoms with Crippen LogP contribution in [0.2, 0.25) is 0 Å².